The Morgan fingerprint density at radius 1 is 1.34 bits per heavy atom. The second kappa shape index (κ2) is 10.2. The van der Waals surface area contributed by atoms with Crippen LogP contribution in [0, 0.1) is 0 Å². The van der Waals surface area contributed by atoms with Gasteiger partial charge in [0.1, 0.15) is 21.7 Å². The molecule has 11 heteroatoms. The number of nitrogens with one attached hydrogen (secondary N) is 1. The minimum atomic E-state index is -0.727. The maximum atomic E-state index is 13.6. The smallest absolute Gasteiger partial charge is 0.417 e. The van der Waals surface area contributed by atoms with Gasteiger partial charge in [0.05, 0.1) is 17.7 Å². The van der Waals surface area contributed by atoms with Gasteiger partial charge in [-0.2, -0.15) is 0 Å². The van der Waals surface area contributed by atoms with E-state index in [1.807, 2.05) is 6.07 Å². The third-order valence-electron chi connectivity index (χ3n) is 5.17. The minimum absolute atomic E-state index is 0.197. The molecule has 2 aromatic rings. The van der Waals surface area contributed by atoms with Crippen LogP contribution in [0.2, 0.25) is 5.02 Å². The van der Waals surface area contributed by atoms with Gasteiger partial charge in [-0.05, 0) is 54.9 Å². The summed E-state index contributed by atoms with van der Waals surface area (Å²) in [6.45, 7) is 5.48. The van der Waals surface area contributed by atoms with E-state index in [2.05, 4.69) is 26.2 Å². The Hall–Kier alpha value is -2.56. The number of rotatable bonds is 3. The van der Waals surface area contributed by atoms with E-state index in [4.69, 9.17) is 26.1 Å². The Balaban J connectivity index is 1.80. The third kappa shape index (κ3) is 5.49. The summed E-state index contributed by atoms with van der Waals surface area (Å²) < 4.78 is 11.8. The average Bonchev–Trinajstić information content (AvgIpc) is 2.78. The van der Waals surface area contributed by atoms with Gasteiger partial charge in [0.25, 0.3) is 5.91 Å². The lowest BCUT2D eigenvalue weighted by Gasteiger charge is -2.36. The molecule has 1 unspecified atom stereocenters. The minimum Gasteiger partial charge on any atom is -0.493 e. The van der Waals surface area contributed by atoms with Gasteiger partial charge in [0.15, 0.2) is 5.75 Å². The van der Waals surface area contributed by atoms with Gasteiger partial charge in [0, 0.05) is 41.1 Å². The van der Waals surface area contributed by atoms with Crippen molar-refractivity contribution in [2.24, 2.45) is 4.99 Å². The van der Waals surface area contributed by atoms with Crippen LogP contribution in [0.25, 0.3) is 0 Å². The molecule has 0 saturated carbocycles. The van der Waals surface area contributed by atoms with E-state index in [1.54, 1.807) is 51.4 Å². The highest BCUT2D eigenvalue weighted by atomic mass is 79.9. The van der Waals surface area contributed by atoms with Crippen LogP contribution in [-0.2, 0) is 9.53 Å². The van der Waals surface area contributed by atoms with E-state index in [-0.39, 0.29) is 11.9 Å². The van der Waals surface area contributed by atoms with Crippen molar-refractivity contribution in [2.75, 3.05) is 13.7 Å². The van der Waals surface area contributed by atoms with E-state index in [0.29, 0.717) is 39.2 Å². The molecule has 3 heterocycles. The molecule has 0 spiro atoms. The molecule has 0 bridgehead atoms. The fourth-order valence-electron chi connectivity index (χ4n) is 3.65. The van der Waals surface area contributed by atoms with E-state index < -0.39 is 17.6 Å². The molecular weight excluding hydrogens is 556 g/mol. The molecule has 1 atom stereocenters. The maximum Gasteiger partial charge on any atom is 0.417 e. The normalized spacial score (nSPS) is 19.4. The number of methoxy groups -OCH3 is 1. The number of aliphatic imine (C=N–C) groups is 1. The lowest BCUT2D eigenvalue weighted by Crippen LogP contribution is -2.48. The van der Waals surface area contributed by atoms with Crippen LogP contribution < -0.4 is 10.1 Å². The number of nitrogens with zero attached hydrogens (tertiary/aromatic N) is 3. The van der Waals surface area contributed by atoms with Crippen molar-refractivity contribution in [3.05, 3.63) is 63.0 Å². The first kappa shape index (κ1) is 25.5. The SMILES string of the molecule is COc1c(Cl)cccc1N=C1SC(c2ccncc2Br)NC2=C1C(=O)N(C(=O)OC(C)(C)C)CC2. The van der Waals surface area contributed by atoms with Crippen molar-refractivity contribution in [2.45, 2.75) is 38.2 Å². The van der Waals surface area contributed by atoms with Crippen LogP contribution >= 0.6 is 39.3 Å². The topological polar surface area (TPSA) is 93.1 Å². The number of benzene rings is 1. The van der Waals surface area contributed by atoms with Crippen molar-refractivity contribution in [3.8, 4) is 5.75 Å². The lowest BCUT2D eigenvalue weighted by atomic mass is 10.0. The average molecular weight is 580 g/mol. The van der Waals surface area contributed by atoms with Crippen LogP contribution in [-0.4, -0.2) is 46.2 Å². The number of ether oxygens (including phenoxy) is 2. The molecule has 2 amide bonds. The Morgan fingerprint density at radius 2 is 2.11 bits per heavy atom. The first-order valence-corrected chi connectivity index (χ1v) is 12.9. The number of carbonyl (C=O) groups excluding carboxylic acids is 2. The number of imide groups is 1. The zero-order valence-electron chi connectivity index (χ0n) is 19.6. The van der Waals surface area contributed by atoms with Crippen molar-refractivity contribution >= 4 is 62.0 Å². The fraction of sp³-hybridized carbons (Fsp3) is 0.333. The van der Waals surface area contributed by atoms with Crippen molar-refractivity contribution < 1.29 is 19.1 Å². The molecule has 0 saturated heterocycles. The number of carbonyl (C=O) groups is 2. The van der Waals surface area contributed by atoms with Gasteiger partial charge in [-0.3, -0.25) is 9.78 Å². The fourth-order valence-corrected chi connectivity index (χ4v) is 5.76. The summed E-state index contributed by atoms with van der Waals surface area (Å²) in [6.07, 6.45) is 3.18. The van der Waals surface area contributed by atoms with Crippen molar-refractivity contribution in [1.29, 1.82) is 0 Å². The molecule has 0 radical (unpaired) electrons. The van der Waals surface area contributed by atoms with Crippen molar-refractivity contribution in [3.63, 3.8) is 0 Å². The number of pyridine rings is 1. The highest BCUT2D eigenvalue weighted by Gasteiger charge is 2.40. The van der Waals surface area contributed by atoms with Crippen LogP contribution in [0.1, 0.15) is 38.1 Å². The van der Waals surface area contributed by atoms with E-state index in [9.17, 15) is 9.59 Å². The monoisotopic (exact) mass is 578 g/mol. The zero-order chi connectivity index (χ0) is 25.3. The van der Waals surface area contributed by atoms with Crippen LogP contribution in [0.3, 0.4) is 0 Å². The highest BCUT2D eigenvalue weighted by molar-refractivity contribution is 9.10. The molecule has 8 nitrogen and oxygen atoms in total. The molecule has 4 rings (SSSR count). The molecule has 1 aromatic carbocycles. The van der Waals surface area contributed by atoms with E-state index in [0.717, 1.165) is 14.9 Å². The zero-order valence-corrected chi connectivity index (χ0v) is 22.8. The third-order valence-corrected chi connectivity index (χ3v) is 7.25. The highest BCUT2D eigenvalue weighted by Crippen LogP contribution is 2.43. The number of thioether (sulfide) groups is 1. The molecule has 35 heavy (non-hydrogen) atoms. The van der Waals surface area contributed by atoms with Gasteiger partial charge in [0.2, 0.25) is 0 Å². The number of hydrogen-bond acceptors (Lipinski definition) is 8. The summed E-state index contributed by atoms with van der Waals surface area (Å²) in [4.78, 5) is 36.4. The predicted octanol–water partition coefficient (Wildman–Crippen LogP) is 5.99. The standard InChI is InChI=1S/C24H24BrClN4O4S/c1-24(2,3)34-23(32)30-11-9-16-18(22(30)31)21(29-17-7-5-6-15(26)19(17)33-4)35-20(28-16)13-8-10-27-12-14(13)25/h5-8,10,12,20,28H,9,11H2,1-4H3. The second-order valence-corrected chi connectivity index (χ2v) is 11.1. The number of aromatic nitrogens is 1. The predicted molar refractivity (Wildman–Crippen MR) is 140 cm³/mol. The van der Waals surface area contributed by atoms with Gasteiger partial charge in [-0.15, -0.1) is 0 Å². The second-order valence-electron chi connectivity index (χ2n) is 8.79. The van der Waals surface area contributed by atoms with Gasteiger partial charge in [-0.25, -0.2) is 14.7 Å². The van der Waals surface area contributed by atoms with Crippen LogP contribution in [0.5, 0.6) is 5.75 Å². The molecule has 0 aliphatic carbocycles. The van der Waals surface area contributed by atoms with E-state index >= 15 is 0 Å². The molecule has 1 N–H and O–H groups in total. The first-order valence-electron chi connectivity index (χ1n) is 10.8. The summed E-state index contributed by atoms with van der Waals surface area (Å²) >= 11 is 11.2. The maximum absolute atomic E-state index is 13.6. The van der Waals surface area contributed by atoms with E-state index in [1.165, 1.54) is 18.9 Å². The number of hydrogen-bond donors (Lipinski definition) is 1. The van der Waals surface area contributed by atoms with Gasteiger partial charge < -0.3 is 14.8 Å². The number of amides is 2. The Kier molecular flexibility index (Phi) is 7.44. The van der Waals surface area contributed by atoms with Gasteiger partial charge >= 0.3 is 6.09 Å². The summed E-state index contributed by atoms with van der Waals surface area (Å²) in [6, 6.07) is 7.13. The Morgan fingerprint density at radius 3 is 2.80 bits per heavy atom. The molecule has 1 aromatic heterocycles. The number of halogens is 2. The Labute approximate surface area is 221 Å². The van der Waals surface area contributed by atoms with Crippen LogP contribution in [0.4, 0.5) is 10.5 Å². The van der Waals surface area contributed by atoms with Crippen LogP contribution in [0.15, 0.2) is 57.4 Å². The number of para-hydroxylation sites is 1. The molecule has 0 fully saturated rings. The Bertz CT molecular complexity index is 1240. The van der Waals surface area contributed by atoms with Crippen molar-refractivity contribution in [1.82, 2.24) is 15.2 Å². The quantitative estimate of drug-likeness (QED) is 0.477. The van der Waals surface area contributed by atoms with Gasteiger partial charge in [-0.1, -0.05) is 29.4 Å². The lowest BCUT2D eigenvalue weighted by molar-refractivity contribution is -0.126. The largest absolute Gasteiger partial charge is 0.493 e. The molecular formula is C24H24BrClN4O4S. The first-order chi connectivity index (χ1) is 16.6. The summed E-state index contributed by atoms with van der Waals surface area (Å²) in [5.41, 5.74) is 1.74. The summed E-state index contributed by atoms with van der Waals surface area (Å²) in [5, 5.41) is 4.07. The molecule has 2 aliphatic heterocycles. The summed E-state index contributed by atoms with van der Waals surface area (Å²) in [5.74, 6) is -0.0654. The summed E-state index contributed by atoms with van der Waals surface area (Å²) in [7, 11) is 1.51. The molecule has 2 aliphatic rings. The molecule has 184 valence electrons.